The lowest BCUT2D eigenvalue weighted by Crippen LogP contribution is -2.32. The first-order valence-corrected chi connectivity index (χ1v) is 6.31. The minimum Gasteiger partial charge on any atom is -0.392 e. The van der Waals surface area contributed by atoms with Gasteiger partial charge >= 0.3 is 0 Å². The van der Waals surface area contributed by atoms with Gasteiger partial charge in [0.05, 0.1) is 22.7 Å². The molecule has 0 saturated carbocycles. The van der Waals surface area contributed by atoms with Gasteiger partial charge in [-0.2, -0.15) is 0 Å². The third kappa shape index (κ3) is 3.55. The van der Waals surface area contributed by atoms with Gasteiger partial charge in [-0.3, -0.25) is 9.69 Å². The Balaban J connectivity index is 1.91. The van der Waals surface area contributed by atoms with Crippen LogP contribution in [0.4, 0.5) is 5.82 Å². The molecule has 18 heavy (non-hydrogen) atoms. The zero-order valence-electron chi connectivity index (χ0n) is 9.57. The Labute approximate surface area is 115 Å². The fourth-order valence-corrected chi connectivity index (χ4v) is 2.26. The smallest absolute Gasteiger partial charge is 0.239 e. The van der Waals surface area contributed by atoms with Gasteiger partial charge in [-0.15, -0.1) is 0 Å². The molecule has 1 amide bonds. The molecule has 1 aliphatic heterocycles. The summed E-state index contributed by atoms with van der Waals surface area (Å²) in [6, 6.07) is 1.52. The number of aromatic nitrogens is 1. The Hall–Kier alpha value is -0.880. The van der Waals surface area contributed by atoms with Gasteiger partial charge in [-0.25, -0.2) is 4.98 Å². The van der Waals surface area contributed by atoms with Crippen LogP contribution in [0, 0.1) is 0 Å². The van der Waals surface area contributed by atoms with Crippen LogP contribution in [-0.4, -0.2) is 46.6 Å². The second-order valence-electron chi connectivity index (χ2n) is 4.21. The number of nitrogens with one attached hydrogen (secondary N) is 1. The molecule has 1 fully saturated rings. The number of anilines is 1. The van der Waals surface area contributed by atoms with Gasteiger partial charge in [0.15, 0.2) is 5.82 Å². The van der Waals surface area contributed by atoms with Gasteiger partial charge in [-0.1, -0.05) is 23.2 Å². The summed E-state index contributed by atoms with van der Waals surface area (Å²) in [5, 5.41) is 12.7. The Morgan fingerprint density at radius 3 is 3.00 bits per heavy atom. The van der Waals surface area contributed by atoms with Gasteiger partial charge in [0.1, 0.15) is 0 Å². The standard InChI is InChI=1S/C11H13Cl2N3O2/c12-7-3-9(13)11(14-4-7)15-10(18)6-16-2-1-8(17)5-16/h3-4,8,17H,1-2,5-6H2,(H,14,15,18)/t8-/m0/s1. The average molecular weight is 290 g/mol. The van der Waals surface area contributed by atoms with Gasteiger partial charge < -0.3 is 10.4 Å². The quantitative estimate of drug-likeness (QED) is 0.883. The number of carbonyl (C=O) groups is 1. The second-order valence-corrected chi connectivity index (χ2v) is 5.05. The first-order chi connectivity index (χ1) is 8.54. The van der Waals surface area contributed by atoms with Crippen molar-refractivity contribution in [3.05, 3.63) is 22.3 Å². The minimum atomic E-state index is -0.338. The lowest BCUT2D eigenvalue weighted by Gasteiger charge is -2.14. The van der Waals surface area contributed by atoms with Crippen LogP contribution in [0.15, 0.2) is 12.3 Å². The first kappa shape index (κ1) is 13.5. The van der Waals surface area contributed by atoms with Crippen molar-refractivity contribution in [2.45, 2.75) is 12.5 Å². The highest BCUT2D eigenvalue weighted by molar-refractivity contribution is 6.36. The summed E-state index contributed by atoms with van der Waals surface area (Å²) in [4.78, 5) is 17.6. The van der Waals surface area contributed by atoms with Crippen molar-refractivity contribution >= 4 is 34.9 Å². The molecule has 1 aromatic heterocycles. The summed E-state index contributed by atoms with van der Waals surface area (Å²) in [5.41, 5.74) is 0. The molecule has 1 aliphatic rings. The molecule has 1 aromatic rings. The van der Waals surface area contributed by atoms with Crippen LogP contribution in [0.3, 0.4) is 0 Å². The van der Waals surface area contributed by atoms with Crippen molar-refractivity contribution < 1.29 is 9.90 Å². The third-order valence-corrected chi connectivity index (χ3v) is 3.18. The Bertz CT molecular complexity index is 456. The maximum absolute atomic E-state index is 11.7. The van der Waals surface area contributed by atoms with E-state index < -0.39 is 0 Å². The van der Waals surface area contributed by atoms with Crippen molar-refractivity contribution in [1.29, 1.82) is 0 Å². The zero-order valence-corrected chi connectivity index (χ0v) is 11.1. The molecular formula is C11H13Cl2N3O2. The van der Waals surface area contributed by atoms with E-state index in [2.05, 4.69) is 10.3 Å². The van der Waals surface area contributed by atoms with Gasteiger partial charge in [-0.05, 0) is 12.5 Å². The summed E-state index contributed by atoms with van der Waals surface area (Å²) < 4.78 is 0. The van der Waals surface area contributed by atoms with Crippen LogP contribution in [-0.2, 0) is 4.79 Å². The first-order valence-electron chi connectivity index (χ1n) is 5.56. The number of halogens is 2. The molecule has 0 radical (unpaired) electrons. The van der Waals surface area contributed by atoms with E-state index in [1.165, 1.54) is 12.3 Å². The molecule has 98 valence electrons. The number of hydrogen-bond donors (Lipinski definition) is 2. The number of amides is 1. The van der Waals surface area contributed by atoms with Gasteiger partial charge in [0.25, 0.3) is 0 Å². The van der Waals surface area contributed by atoms with E-state index in [4.69, 9.17) is 23.2 Å². The molecule has 0 bridgehead atoms. The summed E-state index contributed by atoms with van der Waals surface area (Å²) in [7, 11) is 0. The van der Waals surface area contributed by atoms with E-state index in [-0.39, 0.29) is 18.6 Å². The number of carbonyl (C=O) groups excluding carboxylic acids is 1. The molecule has 0 aromatic carbocycles. The zero-order chi connectivity index (χ0) is 13.1. The van der Waals surface area contributed by atoms with Crippen LogP contribution in [0.2, 0.25) is 10.0 Å². The summed E-state index contributed by atoms with van der Waals surface area (Å²) in [6.07, 6.45) is 1.78. The number of aliphatic hydroxyl groups excluding tert-OH is 1. The molecular weight excluding hydrogens is 277 g/mol. The summed E-state index contributed by atoms with van der Waals surface area (Å²) in [5.74, 6) is 0.0895. The predicted octanol–water partition coefficient (Wildman–Crippen LogP) is 1.39. The topological polar surface area (TPSA) is 65.5 Å². The molecule has 2 N–H and O–H groups in total. The maximum Gasteiger partial charge on any atom is 0.239 e. The fourth-order valence-electron chi connectivity index (χ4n) is 1.84. The number of hydrogen-bond acceptors (Lipinski definition) is 4. The molecule has 2 heterocycles. The largest absolute Gasteiger partial charge is 0.392 e. The highest BCUT2D eigenvalue weighted by atomic mass is 35.5. The van der Waals surface area contributed by atoms with Crippen molar-refractivity contribution in [2.75, 3.05) is 25.0 Å². The number of aliphatic hydroxyl groups is 1. The van der Waals surface area contributed by atoms with Crippen molar-refractivity contribution in [1.82, 2.24) is 9.88 Å². The van der Waals surface area contributed by atoms with Crippen LogP contribution in [0.5, 0.6) is 0 Å². The highest BCUT2D eigenvalue weighted by Gasteiger charge is 2.22. The molecule has 7 heteroatoms. The van der Waals surface area contributed by atoms with Crippen LogP contribution in [0.1, 0.15) is 6.42 Å². The van der Waals surface area contributed by atoms with E-state index in [0.717, 1.165) is 6.54 Å². The number of pyridine rings is 1. The normalized spacial score (nSPS) is 20.1. The van der Waals surface area contributed by atoms with Gasteiger partial charge in [0, 0.05) is 19.3 Å². The number of β-amino-alcohol motifs (C(OH)–C–C–N with tert-alkyl or cyclic N) is 1. The second kappa shape index (κ2) is 5.84. The van der Waals surface area contributed by atoms with E-state index in [0.29, 0.717) is 28.8 Å². The number of rotatable bonds is 3. The minimum absolute atomic E-state index is 0.208. The highest BCUT2D eigenvalue weighted by Crippen LogP contribution is 2.22. The van der Waals surface area contributed by atoms with Crippen LogP contribution in [0.25, 0.3) is 0 Å². The van der Waals surface area contributed by atoms with E-state index in [1.54, 1.807) is 0 Å². The lowest BCUT2D eigenvalue weighted by molar-refractivity contribution is -0.117. The van der Waals surface area contributed by atoms with Crippen LogP contribution >= 0.6 is 23.2 Å². The van der Waals surface area contributed by atoms with E-state index in [9.17, 15) is 9.90 Å². The van der Waals surface area contributed by atoms with Crippen molar-refractivity contribution in [3.8, 4) is 0 Å². The van der Waals surface area contributed by atoms with Crippen molar-refractivity contribution in [3.63, 3.8) is 0 Å². The molecule has 0 unspecified atom stereocenters. The summed E-state index contributed by atoms with van der Waals surface area (Å²) in [6.45, 7) is 1.46. The van der Waals surface area contributed by atoms with E-state index >= 15 is 0 Å². The van der Waals surface area contributed by atoms with Crippen LogP contribution < -0.4 is 5.32 Å². The molecule has 1 atom stereocenters. The SMILES string of the molecule is O=C(CN1CC[C@H](O)C1)Nc1ncc(Cl)cc1Cl. The molecule has 0 spiro atoms. The van der Waals surface area contributed by atoms with Crippen molar-refractivity contribution in [2.24, 2.45) is 0 Å². The Kier molecular flexibility index (Phi) is 4.40. The maximum atomic E-state index is 11.7. The predicted molar refractivity (Wildman–Crippen MR) is 70.0 cm³/mol. The van der Waals surface area contributed by atoms with E-state index in [1.807, 2.05) is 4.90 Å². The Morgan fingerprint density at radius 2 is 2.39 bits per heavy atom. The lowest BCUT2D eigenvalue weighted by atomic mass is 10.3. The monoisotopic (exact) mass is 289 g/mol. The Morgan fingerprint density at radius 1 is 1.61 bits per heavy atom. The molecule has 2 rings (SSSR count). The molecule has 5 nitrogen and oxygen atoms in total. The van der Waals surface area contributed by atoms with Gasteiger partial charge in [0.2, 0.25) is 5.91 Å². The summed E-state index contributed by atoms with van der Waals surface area (Å²) >= 11 is 11.6. The number of likely N-dealkylation sites (tertiary alicyclic amines) is 1. The fraction of sp³-hybridized carbons (Fsp3) is 0.455. The molecule has 0 aliphatic carbocycles. The molecule has 1 saturated heterocycles. The average Bonchev–Trinajstić information content (AvgIpc) is 2.68. The third-order valence-electron chi connectivity index (χ3n) is 2.68. The number of nitrogens with zero attached hydrogens (tertiary/aromatic N) is 2.